The topological polar surface area (TPSA) is 0 Å². The molecule has 29 heavy (non-hydrogen) atoms. The van der Waals surface area contributed by atoms with Crippen LogP contribution in [0.5, 0.6) is 0 Å². The maximum absolute atomic E-state index is 3.83. The summed E-state index contributed by atoms with van der Waals surface area (Å²) in [6, 6.07) is 20.8. The molecule has 0 unspecified atom stereocenters. The smallest absolute Gasteiger partial charge is 0.00265 e. The summed E-state index contributed by atoms with van der Waals surface area (Å²) in [6.07, 6.45) is 7.39. The van der Waals surface area contributed by atoms with Gasteiger partial charge in [-0.05, 0) is 57.7 Å². The van der Waals surface area contributed by atoms with Crippen LogP contribution in [0.4, 0.5) is 0 Å². The second-order valence-corrected chi connectivity index (χ2v) is 7.91. The minimum Gasteiger partial charge on any atom is -0.0955 e. The summed E-state index contributed by atoms with van der Waals surface area (Å²) in [6.45, 7) is 18.9. The third-order valence-corrected chi connectivity index (χ3v) is 4.32. The minimum absolute atomic E-state index is 1.04. The van der Waals surface area contributed by atoms with Gasteiger partial charge in [-0.25, -0.2) is 0 Å². The molecule has 2 rings (SSSR count). The fraction of sp³-hybridized carbons (Fsp3) is 0.379. The van der Waals surface area contributed by atoms with Gasteiger partial charge in [-0.1, -0.05) is 123 Å². The molecule has 0 aliphatic rings. The summed E-state index contributed by atoms with van der Waals surface area (Å²) in [5.41, 5.74) is 7.92. The van der Waals surface area contributed by atoms with Crippen molar-refractivity contribution in [2.45, 2.75) is 74.1 Å². The van der Waals surface area contributed by atoms with E-state index in [0.717, 1.165) is 12.0 Å². The van der Waals surface area contributed by atoms with E-state index < -0.39 is 0 Å². The highest BCUT2D eigenvalue weighted by Gasteiger charge is 1.98. The molecule has 158 valence electrons. The molecule has 2 aromatic carbocycles. The minimum atomic E-state index is 1.04. The Morgan fingerprint density at radius 3 is 1.55 bits per heavy atom. The molecule has 0 heterocycles. The van der Waals surface area contributed by atoms with E-state index in [-0.39, 0.29) is 0 Å². The standard InChI is InChI=1S/C15H20.C9H10.C5H12/c1-12(2)10-15(13(3)4)11-14-8-6-5-7-9-14;1-8(2)9-6-4-3-5-7-9;1-3-5-4-2/h5-10H,11H2,1-4H3;3-7H,1H2,2H3;3-5H2,1-2H3. The van der Waals surface area contributed by atoms with Crippen LogP contribution in [0.3, 0.4) is 0 Å². The van der Waals surface area contributed by atoms with Crippen molar-refractivity contribution in [2.24, 2.45) is 0 Å². The lowest BCUT2D eigenvalue weighted by Gasteiger charge is -2.06. The summed E-state index contributed by atoms with van der Waals surface area (Å²) in [5, 5.41) is 0. The molecule has 0 aliphatic carbocycles. The summed E-state index contributed by atoms with van der Waals surface area (Å²) in [5.74, 6) is 0. The summed E-state index contributed by atoms with van der Waals surface area (Å²) in [7, 11) is 0. The highest BCUT2D eigenvalue weighted by molar-refractivity contribution is 5.60. The predicted octanol–water partition coefficient (Wildman–Crippen LogP) is 9.45. The third-order valence-electron chi connectivity index (χ3n) is 4.32. The zero-order valence-electron chi connectivity index (χ0n) is 19.9. The first-order valence-electron chi connectivity index (χ1n) is 10.9. The SMILES string of the molecule is C=C(C)c1ccccc1.CC(C)=CC(Cc1ccccc1)=C(C)C.CCCCC. The quantitative estimate of drug-likeness (QED) is 0.431. The Kier molecular flexibility index (Phi) is 15.3. The molecule has 0 aromatic heterocycles. The van der Waals surface area contributed by atoms with Crippen LogP contribution >= 0.6 is 0 Å². The highest BCUT2D eigenvalue weighted by atomic mass is 14.0. The average Bonchev–Trinajstić information content (AvgIpc) is 2.70. The number of benzene rings is 2. The van der Waals surface area contributed by atoms with Crippen LogP contribution in [0.1, 0.15) is 78.9 Å². The van der Waals surface area contributed by atoms with Crippen molar-refractivity contribution >= 4 is 5.57 Å². The molecule has 0 heteroatoms. The van der Waals surface area contributed by atoms with Crippen LogP contribution in [0.25, 0.3) is 5.57 Å². The van der Waals surface area contributed by atoms with Crippen LogP contribution in [-0.2, 0) is 6.42 Å². The fourth-order valence-corrected chi connectivity index (χ4v) is 2.61. The number of hydrogen-bond donors (Lipinski definition) is 0. The van der Waals surface area contributed by atoms with Crippen LogP contribution in [0.2, 0.25) is 0 Å². The van der Waals surface area contributed by atoms with E-state index in [1.54, 1.807) is 0 Å². The van der Waals surface area contributed by atoms with Crippen molar-refractivity contribution < 1.29 is 0 Å². The summed E-state index contributed by atoms with van der Waals surface area (Å²) in [4.78, 5) is 0. The number of rotatable bonds is 6. The maximum atomic E-state index is 3.83. The molecule has 0 bridgehead atoms. The average molecular weight is 391 g/mol. The first-order valence-corrected chi connectivity index (χ1v) is 10.9. The molecule has 0 atom stereocenters. The predicted molar refractivity (Wildman–Crippen MR) is 134 cm³/mol. The van der Waals surface area contributed by atoms with Gasteiger partial charge in [0.1, 0.15) is 0 Å². The van der Waals surface area contributed by atoms with E-state index in [1.165, 1.54) is 47.1 Å². The van der Waals surface area contributed by atoms with Crippen LogP contribution in [0, 0.1) is 0 Å². The number of allylic oxidation sites excluding steroid dienone is 5. The fourth-order valence-electron chi connectivity index (χ4n) is 2.61. The second-order valence-electron chi connectivity index (χ2n) is 7.91. The molecule has 0 fully saturated rings. The van der Waals surface area contributed by atoms with Gasteiger partial charge in [0, 0.05) is 0 Å². The molecule has 0 radical (unpaired) electrons. The van der Waals surface area contributed by atoms with E-state index in [0.29, 0.717) is 0 Å². The zero-order chi connectivity index (χ0) is 22.1. The lowest BCUT2D eigenvalue weighted by Crippen LogP contribution is -1.90. The van der Waals surface area contributed by atoms with Gasteiger partial charge in [0.05, 0.1) is 0 Å². The maximum Gasteiger partial charge on any atom is -0.00265 e. The Labute approximate surface area is 181 Å². The Balaban J connectivity index is 0.000000473. The van der Waals surface area contributed by atoms with Gasteiger partial charge in [-0.2, -0.15) is 0 Å². The molecular formula is C29H42. The van der Waals surface area contributed by atoms with E-state index in [1.807, 2.05) is 25.1 Å². The molecule has 0 N–H and O–H groups in total. The molecule has 0 spiro atoms. The third kappa shape index (κ3) is 14.3. The highest BCUT2D eigenvalue weighted by Crippen LogP contribution is 2.15. The van der Waals surface area contributed by atoms with Crippen LogP contribution in [0.15, 0.2) is 90.0 Å². The van der Waals surface area contributed by atoms with Gasteiger partial charge in [0.15, 0.2) is 0 Å². The Morgan fingerprint density at radius 1 is 0.759 bits per heavy atom. The Hall–Kier alpha value is -2.34. The normalized spacial score (nSPS) is 9.21. The Morgan fingerprint density at radius 2 is 1.24 bits per heavy atom. The van der Waals surface area contributed by atoms with Crippen molar-refractivity contribution in [2.75, 3.05) is 0 Å². The van der Waals surface area contributed by atoms with E-state index in [9.17, 15) is 0 Å². The number of unbranched alkanes of at least 4 members (excludes halogenated alkanes) is 2. The monoisotopic (exact) mass is 390 g/mol. The Bertz CT molecular complexity index is 720. The van der Waals surface area contributed by atoms with Gasteiger partial charge in [0.25, 0.3) is 0 Å². The van der Waals surface area contributed by atoms with E-state index >= 15 is 0 Å². The van der Waals surface area contributed by atoms with E-state index in [2.05, 4.69) is 96.7 Å². The first-order chi connectivity index (χ1) is 13.8. The van der Waals surface area contributed by atoms with Crippen molar-refractivity contribution in [1.82, 2.24) is 0 Å². The molecule has 0 nitrogen and oxygen atoms in total. The largest absolute Gasteiger partial charge is 0.0955 e. The van der Waals surface area contributed by atoms with Crippen molar-refractivity contribution in [3.63, 3.8) is 0 Å². The van der Waals surface area contributed by atoms with Crippen LogP contribution < -0.4 is 0 Å². The second kappa shape index (κ2) is 16.6. The first kappa shape index (κ1) is 26.7. The van der Waals surface area contributed by atoms with E-state index in [4.69, 9.17) is 0 Å². The molecule has 0 amide bonds. The van der Waals surface area contributed by atoms with Gasteiger partial charge < -0.3 is 0 Å². The van der Waals surface area contributed by atoms with Crippen molar-refractivity contribution in [1.29, 1.82) is 0 Å². The molecule has 2 aromatic rings. The van der Waals surface area contributed by atoms with Gasteiger partial charge in [-0.3, -0.25) is 0 Å². The lowest BCUT2D eigenvalue weighted by molar-refractivity contribution is 0.772. The van der Waals surface area contributed by atoms with Gasteiger partial charge in [0.2, 0.25) is 0 Å². The van der Waals surface area contributed by atoms with Gasteiger partial charge in [-0.15, -0.1) is 0 Å². The summed E-state index contributed by atoms with van der Waals surface area (Å²) >= 11 is 0. The molecule has 0 aliphatic heterocycles. The lowest BCUT2D eigenvalue weighted by atomic mass is 10.00. The number of hydrogen-bond acceptors (Lipinski definition) is 0. The molecule has 0 saturated heterocycles. The zero-order valence-corrected chi connectivity index (χ0v) is 19.9. The summed E-state index contributed by atoms with van der Waals surface area (Å²) < 4.78 is 0. The van der Waals surface area contributed by atoms with Crippen molar-refractivity contribution in [3.05, 3.63) is 101 Å². The van der Waals surface area contributed by atoms with Gasteiger partial charge >= 0.3 is 0 Å². The molecular weight excluding hydrogens is 348 g/mol. The van der Waals surface area contributed by atoms with Crippen molar-refractivity contribution in [3.8, 4) is 0 Å². The van der Waals surface area contributed by atoms with Crippen LogP contribution in [-0.4, -0.2) is 0 Å². The molecule has 0 saturated carbocycles.